The molecule has 0 saturated carbocycles. The molecule has 0 atom stereocenters. The third-order valence-electron chi connectivity index (χ3n) is 4.40. The van der Waals surface area contributed by atoms with E-state index in [0.29, 0.717) is 18.1 Å². The topological polar surface area (TPSA) is 96.9 Å². The number of pyridine rings is 1. The molecule has 7 nitrogen and oxygen atoms in total. The number of nitrogens with one attached hydrogen (secondary N) is 2. The van der Waals surface area contributed by atoms with Crippen LogP contribution < -0.4 is 10.0 Å². The van der Waals surface area contributed by atoms with E-state index in [-0.39, 0.29) is 5.75 Å². The van der Waals surface area contributed by atoms with E-state index < -0.39 is 10.0 Å². The van der Waals surface area contributed by atoms with Gasteiger partial charge < -0.3 is 5.32 Å². The molecule has 0 bridgehead atoms. The van der Waals surface area contributed by atoms with Gasteiger partial charge in [-0.15, -0.1) is 0 Å². The van der Waals surface area contributed by atoms with Crippen LogP contribution in [-0.2, 0) is 22.3 Å². The van der Waals surface area contributed by atoms with E-state index in [1.165, 1.54) is 7.05 Å². The standard InChI is InChI=1S/C20H23N5O2S/c1-14-15(2)24-20(18-9-4-5-10-22-18)25-19(14)23-12-16-7-6-8-17(11-16)13-28(26,27)21-3/h4-11,21H,12-13H2,1-3H3,(H,23,24,25). The number of benzene rings is 1. The van der Waals surface area contributed by atoms with Crippen molar-refractivity contribution in [2.45, 2.75) is 26.1 Å². The normalized spacial score (nSPS) is 11.4. The molecule has 0 radical (unpaired) electrons. The summed E-state index contributed by atoms with van der Waals surface area (Å²) in [4.78, 5) is 13.5. The molecule has 8 heteroatoms. The number of aromatic nitrogens is 3. The van der Waals surface area contributed by atoms with Gasteiger partial charge in [-0.1, -0.05) is 30.3 Å². The Balaban J connectivity index is 1.80. The van der Waals surface area contributed by atoms with Gasteiger partial charge in [0.1, 0.15) is 11.5 Å². The van der Waals surface area contributed by atoms with Gasteiger partial charge in [-0.3, -0.25) is 4.98 Å². The van der Waals surface area contributed by atoms with Gasteiger partial charge in [-0.25, -0.2) is 23.1 Å². The van der Waals surface area contributed by atoms with Crippen molar-refractivity contribution in [1.29, 1.82) is 0 Å². The number of hydrogen-bond acceptors (Lipinski definition) is 6. The Hall–Kier alpha value is -2.84. The SMILES string of the molecule is CNS(=O)(=O)Cc1cccc(CNc2nc(-c3ccccn3)nc(C)c2C)c1. The number of anilines is 1. The average molecular weight is 398 g/mol. The largest absolute Gasteiger partial charge is 0.366 e. The quantitative estimate of drug-likeness (QED) is 0.636. The molecule has 1 aromatic carbocycles. The second-order valence-electron chi connectivity index (χ2n) is 6.46. The number of sulfonamides is 1. The van der Waals surface area contributed by atoms with E-state index in [2.05, 4.69) is 25.0 Å². The molecule has 2 N–H and O–H groups in total. The minimum Gasteiger partial charge on any atom is -0.366 e. The lowest BCUT2D eigenvalue weighted by atomic mass is 10.1. The summed E-state index contributed by atoms with van der Waals surface area (Å²) in [5.41, 5.74) is 4.27. The first-order chi connectivity index (χ1) is 13.4. The zero-order chi connectivity index (χ0) is 20.1. The molecule has 2 aromatic heterocycles. The summed E-state index contributed by atoms with van der Waals surface area (Å²) < 4.78 is 25.9. The molecule has 0 spiro atoms. The molecule has 0 fully saturated rings. The Morgan fingerprint density at radius 1 is 1.00 bits per heavy atom. The highest BCUT2D eigenvalue weighted by molar-refractivity contribution is 7.88. The van der Waals surface area contributed by atoms with Crippen molar-refractivity contribution in [3.05, 3.63) is 71.0 Å². The molecule has 0 saturated heterocycles. The number of nitrogens with zero attached hydrogens (tertiary/aromatic N) is 3. The molecule has 0 unspecified atom stereocenters. The smallest absolute Gasteiger partial charge is 0.215 e. The Labute approximate surface area is 165 Å². The summed E-state index contributed by atoms with van der Waals surface area (Å²) in [5, 5.41) is 3.34. The van der Waals surface area contributed by atoms with Crippen molar-refractivity contribution in [3.63, 3.8) is 0 Å². The fourth-order valence-corrected chi connectivity index (χ4v) is 3.48. The minimum atomic E-state index is -3.30. The van der Waals surface area contributed by atoms with E-state index in [1.807, 2.05) is 50.2 Å². The van der Waals surface area contributed by atoms with Gasteiger partial charge in [0.2, 0.25) is 10.0 Å². The fourth-order valence-electron chi connectivity index (χ4n) is 2.72. The molecule has 28 heavy (non-hydrogen) atoms. The predicted octanol–water partition coefficient (Wildman–Crippen LogP) is 2.82. The first-order valence-corrected chi connectivity index (χ1v) is 10.5. The van der Waals surface area contributed by atoms with Crippen LogP contribution in [0.15, 0.2) is 48.7 Å². The van der Waals surface area contributed by atoms with Crippen LogP contribution in [0.25, 0.3) is 11.5 Å². The first kappa shape index (κ1) is 19.9. The molecular formula is C20H23N5O2S. The molecule has 146 valence electrons. The summed E-state index contributed by atoms with van der Waals surface area (Å²) in [6.07, 6.45) is 1.71. The van der Waals surface area contributed by atoms with E-state index in [0.717, 1.165) is 28.2 Å². The summed E-state index contributed by atoms with van der Waals surface area (Å²) in [7, 11) is -1.89. The van der Waals surface area contributed by atoms with Crippen LogP contribution in [0.1, 0.15) is 22.4 Å². The van der Waals surface area contributed by atoms with Gasteiger partial charge in [0.25, 0.3) is 0 Å². The van der Waals surface area contributed by atoms with Crippen LogP contribution in [-0.4, -0.2) is 30.4 Å². The van der Waals surface area contributed by atoms with Crippen molar-refractivity contribution < 1.29 is 8.42 Å². The number of aryl methyl sites for hydroxylation is 1. The maximum absolute atomic E-state index is 11.8. The van der Waals surface area contributed by atoms with Gasteiger partial charge in [-0.05, 0) is 44.2 Å². The van der Waals surface area contributed by atoms with Crippen molar-refractivity contribution in [2.75, 3.05) is 12.4 Å². The van der Waals surface area contributed by atoms with Crippen molar-refractivity contribution >= 4 is 15.8 Å². The Morgan fingerprint density at radius 2 is 1.79 bits per heavy atom. The third-order valence-corrected chi connectivity index (χ3v) is 5.74. The van der Waals surface area contributed by atoms with E-state index in [4.69, 9.17) is 0 Å². The highest BCUT2D eigenvalue weighted by Gasteiger charge is 2.11. The second-order valence-corrected chi connectivity index (χ2v) is 8.38. The summed E-state index contributed by atoms with van der Waals surface area (Å²) in [6.45, 7) is 4.43. The number of hydrogen-bond donors (Lipinski definition) is 2. The zero-order valence-corrected chi connectivity index (χ0v) is 16.9. The van der Waals surface area contributed by atoms with Gasteiger partial charge in [0, 0.05) is 24.0 Å². The van der Waals surface area contributed by atoms with Crippen molar-refractivity contribution in [3.8, 4) is 11.5 Å². The lowest BCUT2D eigenvalue weighted by molar-refractivity contribution is 0.587. The van der Waals surface area contributed by atoms with Gasteiger partial charge in [0.05, 0.1) is 5.75 Å². The maximum atomic E-state index is 11.8. The predicted molar refractivity (Wildman–Crippen MR) is 110 cm³/mol. The van der Waals surface area contributed by atoms with E-state index in [1.54, 1.807) is 12.3 Å². The van der Waals surface area contributed by atoms with Gasteiger partial charge in [0.15, 0.2) is 5.82 Å². The van der Waals surface area contributed by atoms with Crippen LogP contribution in [0, 0.1) is 13.8 Å². The molecule has 0 aliphatic heterocycles. The summed E-state index contributed by atoms with van der Waals surface area (Å²) in [6, 6.07) is 13.1. The number of rotatable bonds is 7. The van der Waals surface area contributed by atoms with Crippen LogP contribution in [0.3, 0.4) is 0 Å². The maximum Gasteiger partial charge on any atom is 0.215 e. The van der Waals surface area contributed by atoms with E-state index >= 15 is 0 Å². The Morgan fingerprint density at radius 3 is 2.50 bits per heavy atom. The second kappa shape index (κ2) is 8.45. The highest BCUT2D eigenvalue weighted by atomic mass is 32.2. The molecule has 0 aliphatic rings. The van der Waals surface area contributed by atoms with Crippen LogP contribution in [0.5, 0.6) is 0 Å². The average Bonchev–Trinajstić information content (AvgIpc) is 2.69. The monoisotopic (exact) mass is 397 g/mol. The van der Waals surface area contributed by atoms with Crippen molar-refractivity contribution in [2.24, 2.45) is 0 Å². The highest BCUT2D eigenvalue weighted by Crippen LogP contribution is 2.21. The van der Waals surface area contributed by atoms with Crippen LogP contribution >= 0.6 is 0 Å². The van der Waals surface area contributed by atoms with Gasteiger partial charge >= 0.3 is 0 Å². The van der Waals surface area contributed by atoms with Gasteiger partial charge in [-0.2, -0.15) is 0 Å². The molecule has 3 rings (SSSR count). The van der Waals surface area contributed by atoms with Crippen LogP contribution in [0.2, 0.25) is 0 Å². The summed E-state index contributed by atoms with van der Waals surface area (Å²) in [5.74, 6) is 1.26. The molecular weight excluding hydrogens is 374 g/mol. The Kier molecular flexibility index (Phi) is 6.01. The summed E-state index contributed by atoms with van der Waals surface area (Å²) >= 11 is 0. The lowest BCUT2D eigenvalue weighted by Gasteiger charge is -2.13. The zero-order valence-electron chi connectivity index (χ0n) is 16.1. The molecule has 3 aromatic rings. The minimum absolute atomic E-state index is 0.0488. The van der Waals surface area contributed by atoms with Crippen molar-refractivity contribution in [1.82, 2.24) is 19.7 Å². The third kappa shape index (κ3) is 4.90. The van der Waals surface area contributed by atoms with Crippen LogP contribution in [0.4, 0.5) is 5.82 Å². The fraction of sp³-hybridized carbons (Fsp3) is 0.250. The Bertz CT molecular complexity index is 1070. The molecule has 0 aliphatic carbocycles. The van der Waals surface area contributed by atoms with E-state index in [9.17, 15) is 8.42 Å². The lowest BCUT2D eigenvalue weighted by Crippen LogP contribution is -2.20. The first-order valence-electron chi connectivity index (χ1n) is 8.87. The molecule has 2 heterocycles. The molecule has 0 amide bonds.